The SMILES string of the molecule is Cc1c(C2(c3cc(C(C)C)c(O)c(CN(CC(=O)O)CC(=O)O)c3C)OC(=O)c3ccccc32)cc(C(C)C)c(O)c1CN(CC(=O)O)CC(=O)O.[Na]. The fourth-order valence-corrected chi connectivity index (χ4v) is 7.00. The molecule has 4 rings (SSSR count). The number of esters is 1. The predicted molar refractivity (Wildman–Crippen MR) is 192 cm³/mol. The third-order valence-electron chi connectivity index (χ3n) is 9.41. The van der Waals surface area contributed by atoms with Gasteiger partial charge in [-0.15, -0.1) is 0 Å². The van der Waals surface area contributed by atoms with Crippen LogP contribution in [0.4, 0.5) is 0 Å². The van der Waals surface area contributed by atoms with Gasteiger partial charge in [0.05, 0.1) is 31.7 Å². The summed E-state index contributed by atoms with van der Waals surface area (Å²) in [5.74, 6) is -6.76. The van der Waals surface area contributed by atoms with Crippen molar-refractivity contribution >= 4 is 59.4 Å². The van der Waals surface area contributed by atoms with Gasteiger partial charge < -0.3 is 35.4 Å². The molecule has 1 heterocycles. The number of carboxylic acids is 4. The molecule has 279 valence electrons. The van der Waals surface area contributed by atoms with Crippen LogP contribution >= 0.6 is 0 Å². The minimum Gasteiger partial charge on any atom is -0.507 e. The van der Waals surface area contributed by atoms with E-state index in [-0.39, 0.29) is 82.7 Å². The summed E-state index contributed by atoms with van der Waals surface area (Å²) in [5, 5.41) is 61.6. The van der Waals surface area contributed by atoms with Crippen LogP contribution in [0.1, 0.15) is 100.0 Å². The van der Waals surface area contributed by atoms with Gasteiger partial charge in [-0.3, -0.25) is 29.0 Å². The van der Waals surface area contributed by atoms with E-state index < -0.39 is 61.6 Å². The van der Waals surface area contributed by atoms with Gasteiger partial charge in [0, 0.05) is 70.5 Å². The molecule has 1 aliphatic rings. The molecule has 0 saturated heterocycles. The first kappa shape index (κ1) is 42.9. The van der Waals surface area contributed by atoms with E-state index in [1.807, 2.05) is 27.7 Å². The maximum absolute atomic E-state index is 13.8. The molecule has 3 aromatic rings. The average molecular weight is 744 g/mol. The van der Waals surface area contributed by atoms with Gasteiger partial charge in [-0.2, -0.15) is 0 Å². The van der Waals surface area contributed by atoms with Crippen LogP contribution in [-0.2, 0) is 42.6 Å². The number of hydrogen-bond donors (Lipinski definition) is 6. The van der Waals surface area contributed by atoms with Crippen LogP contribution < -0.4 is 0 Å². The summed E-state index contributed by atoms with van der Waals surface area (Å²) in [6, 6.07) is 10.1. The number of aliphatic carboxylic acids is 4. The van der Waals surface area contributed by atoms with Gasteiger partial charge in [0.15, 0.2) is 5.60 Å². The number of fused-ring (bicyclic) bond motifs is 1. The third-order valence-corrected chi connectivity index (χ3v) is 9.41. The number of hydrogen-bond acceptors (Lipinski definition) is 10. The molecule has 0 atom stereocenters. The number of benzene rings is 3. The Bertz CT molecular complexity index is 1800. The Morgan fingerprint density at radius 2 is 1.02 bits per heavy atom. The van der Waals surface area contributed by atoms with Crippen LogP contribution in [-0.4, -0.2) is 126 Å². The molecular formula is C38H44N2NaO12. The Labute approximate surface area is 328 Å². The maximum Gasteiger partial charge on any atom is 0.340 e. The standard InChI is InChI=1S/C38H44N2O12.Na/c1-19(2)24-11-29(21(5)26(35(24)49)13-39(15-31(41)42)16-32(43)44)38(28-10-8-7-9-23(28)37(51)52-38)30-12-25(20(3)4)36(50)27(22(30)6)14-40(17-33(45)46)18-34(47)48;/h7-12,19-20,49-50H,13-18H2,1-6H3,(H,41,42)(H,43,44)(H,45,46)(H,47,48);. The van der Waals surface area contributed by atoms with Crippen molar-refractivity contribution in [2.75, 3.05) is 26.2 Å². The van der Waals surface area contributed by atoms with Gasteiger partial charge in [0.1, 0.15) is 11.5 Å². The molecule has 0 saturated carbocycles. The minimum atomic E-state index is -1.76. The fraction of sp³-hybridized carbons (Fsp3) is 0.395. The number of phenolic OH excluding ortho intramolecular Hbond substituents is 2. The zero-order valence-electron chi connectivity index (χ0n) is 30.9. The first-order chi connectivity index (χ1) is 24.3. The summed E-state index contributed by atoms with van der Waals surface area (Å²) in [4.78, 5) is 63.1. The molecule has 15 heteroatoms. The zero-order chi connectivity index (χ0) is 38.8. The Hall–Kier alpha value is -4.47. The van der Waals surface area contributed by atoms with Crippen LogP contribution in [0.5, 0.6) is 11.5 Å². The number of phenols is 2. The second-order valence-corrected chi connectivity index (χ2v) is 13.7. The molecule has 1 radical (unpaired) electrons. The first-order valence-electron chi connectivity index (χ1n) is 16.7. The third kappa shape index (κ3) is 8.85. The fourth-order valence-electron chi connectivity index (χ4n) is 7.00. The molecule has 3 aromatic carbocycles. The quantitative estimate of drug-likeness (QED) is 0.0903. The van der Waals surface area contributed by atoms with Gasteiger partial charge in [0.25, 0.3) is 0 Å². The summed E-state index contributed by atoms with van der Waals surface area (Å²) >= 11 is 0. The van der Waals surface area contributed by atoms with E-state index in [2.05, 4.69) is 0 Å². The molecular weight excluding hydrogens is 699 g/mol. The van der Waals surface area contributed by atoms with Gasteiger partial charge in [-0.05, 0) is 66.1 Å². The van der Waals surface area contributed by atoms with E-state index in [1.165, 1.54) is 0 Å². The number of carbonyl (C=O) groups is 5. The van der Waals surface area contributed by atoms with Gasteiger partial charge in [-0.1, -0.05) is 45.9 Å². The molecule has 1 aliphatic heterocycles. The van der Waals surface area contributed by atoms with Crippen molar-refractivity contribution in [3.8, 4) is 11.5 Å². The van der Waals surface area contributed by atoms with Crippen molar-refractivity contribution in [1.82, 2.24) is 9.80 Å². The Balaban J connectivity index is 0.00000756. The van der Waals surface area contributed by atoms with Crippen molar-refractivity contribution in [2.45, 2.75) is 72.1 Å². The Morgan fingerprint density at radius 3 is 1.36 bits per heavy atom. The second kappa shape index (κ2) is 17.1. The molecule has 53 heavy (non-hydrogen) atoms. The molecule has 0 bridgehead atoms. The van der Waals surface area contributed by atoms with Crippen LogP contribution in [0.15, 0.2) is 36.4 Å². The number of ether oxygens (including phenoxy) is 1. The zero-order valence-corrected chi connectivity index (χ0v) is 32.9. The molecule has 0 aromatic heterocycles. The topological polar surface area (TPSA) is 222 Å². The largest absolute Gasteiger partial charge is 0.507 e. The van der Waals surface area contributed by atoms with E-state index in [1.54, 1.807) is 50.2 Å². The van der Waals surface area contributed by atoms with Crippen LogP contribution in [0.3, 0.4) is 0 Å². The average Bonchev–Trinajstić information content (AvgIpc) is 3.32. The molecule has 0 fully saturated rings. The molecule has 14 nitrogen and oxygen atoms in total. The maximum atomic E-state index is 13.8. The van der Waals surface area contributed by atoms with Crippen molar-refractivity contribution in [2.24, 2.45) is 0 Å². The summed E-state index contributed by atoms with van der Waals surface area (Å²) in [6.45, 7) is 7.48. The molecule has 0 amide bonds. The molecule has 6 N–H and O–H groups in total. The minimum absolute atomic E-state index is 0. The first-order valence-corrected chi connectivity index (χ1v) is 16.7. The molecule has 0 spiro atoms. The van der Waals surface area contributed by atoms with Gasteiger partial charge in [0.2, 0.25) is 0 Å². The number of cyclic esters (lactones) is 1. The van der Waals surface area contributed by atoms with Crippen LogP contribution in [0.25, 0.3) is 0 Å². The van der Waals surface area contributed by atoms with Crippen LogP contribution in [0.2, 0.25) is 0 Å². The van der Waals surface area contributed by atoms with Crippen molar-refractivity contribution < 1.29 is 59.3 Å². The number of nitrogens with zero attached hydrogens (tertiary/aromatic N) is 2. The summed E-state index contributed by atoms with van der Waals surface area (Å²) in [7, 11) is 0. The van der Waals surface area contributed by atoms with Gasteiger partial charge in [-0.25, -0.2) is 4.79 Å². The molecule has 0 unspecified atom stereocenters. The number of carboxylic acid groups (broad SMARTS) is 4. The molecule has 0 aliphatic carbocycles. The van der Waals surface area contributed by atoms with Crippen molar-refractivity contribution in [3.05, 3.63) is 92.0 Å². The summed E-state index contributed by atoms with van der Waals surface area (Å²) in [6.07, 6.45) is 0. The van der Waals surface area contributed by atoms with E-state index in [0.717, 1.165) is 9.80 Å². The van der Waals surface area contributed by atoms with Crippen molar-refractivity contribution in [3.63, 3.8) is 0 Å². The van der Waals surface area contributed by atoms with Crippen molar-refractivity contribution in [1.29, 1.82) is 0 Å². The number of carbonyl (C=O) groups excluding carboxylic acids is 1. The summed E-state index contributed by atoms with van der Waals surface area (Å²) in [5.41, 5.74) is 1.70. The van der Waals surface area contributed by atoms with E-state index in [9.17, 15) is 54.6 Å². The summed E-state index contributed by atoms with van der Waals surface area (Å²) < 4.78 is 6.47. The second-order valence-electron chi connectivity index (χ2n) is 13.7. The van der Waals surface area contributed by atoms with Gasteiger partial charge >= 0.3 is 29.8 Å². The van der Waals surface area contributed by atoms with E-state index in [4.69, 9.17) is 4.74 Å². The monoisotopic (exact) mass is 743 g/mol. The number of aromatic hydroxyl groups is 2. The Kier molecular flexibility index (Phi) is 13.9. The van der Waals surface area contributed by atoms with E-state index >= 15 is 0 Å². The van der Waals surface area contributed by atoms with E-state index in [0.29, 0.717) is 38.9 Å². The predicted octanol–water partition coefficient (Wildman–Crippen LogP) is 3.99. The Morgan fingerprint density at radius 1 is 0.660 bits per heavy atom. The van der Waals surface area contributed by atoms with Crippen LogP contribution in [0, 0.1) is 13.8 Å². The smallest absolute Gasteiger partial charge is 0.340 e. The number of rotatable bonds is 16. The normalized spacial score (nSPS) is 13.3.